The second-order valence-corrected chi connectivity index (χ2v) is 3.04. The Kier molecular flexibility index (Phi) is 6.59. The van der Waals surface area contributed by atoms with Crippen molar-refractivity contribution in [2.75, 3.05) is 7.11 Å². The number of rotatable bonds is 5. The van der Waals surface area contributed by atoms with Crippen LogP contribution in [-0.2, 0) is 19.1 Å². The molecule has 0 atom stereocenters. The molecule has 0 aromatic carbocycles. The minimum Gasteiger partial charge on any atom is -0.466 e. The van der Waals surface area contributed by atoms with Gasteiger partial charge in [0.05, 0.1) is 13.2 Å². The second kappa shape index (κ2) is 7.45. The maximum atomic E-state index is 11.0. The number of methoxy groups -OCH3 is 1. The molecular weight excluding hydrogens is 208 g/mol. The first-order valence-corrected chi connectivity index (χ1v) is 4.77. The zero-order chi connectivity index (χ0) is 12.6. The Morgan fingerprint density at radius 1 is 1.31 bits per heavy atom. The van der Waals surface area contributed by atoms with Crippen molar-refractivity contribution in [3.05, 3.63) is 36.1 Å². The van der Waals surface area contributed by atoms with E-state index in [1.807, 2.05) is 0 Å². The molecule has 16 heavy (non-hydrogen) atoms. The number of esters is 2. The summed E-state index contributed by atoms with van der Waals surface area (Å²) in [5.41, 5.74) is 0.681. The van der Waals surface area contributed by atoms with Crippen LogP contribution in [0.15, 0.2) is 36.1 Å². The number of hydrogen-bond donors (Lipinski definition) is 0. The van der Waals surface area contributed by atoms with Crippen molar-refractivity contribution in [1.29, 1.82) is 0 Å². The van der Waals surface area contributed by atoms with E-state index in [-0.39, 0.29) is 5.76 Å². The van der Waals surface area contributed by atoms with Crippen LogP contribution in [0.4, 0.5) is 0 Å². The van der Waals surface area contributed by atoms with Gasteiger partial charge in [0, 0.05) is 6.92 Å². The van der Waals surface area contributed by atoms with E-state index in [1.165, 1.54) is 14.0 Å². The summed E-state index contributed by atoms with van der Waals surface area (Å²) in [5.74, 6) is -0.856. The summed E-state index contributed by atoms with van der Waals surface area (Å²) in [5, 5.41) is 0. The van der Waals surface area contributed by atoms with Gasteiger partial charge in [0.1, 0.15) is 5.76 Å². The quantitative estimate of drug-likeness (QED) is 0.236. The predicted octanol–water partition coefficient (Wildman–Crippen LogP) is 2.13. The molecule has 0 aliphatic rings. The lowest BCUT2D eigenvalue weighted by atomic mass is 10.2. The molecular formula is C12H16O4. The molecule has 0 radical (unpaired) electrons. The summed E-state index contributed by atoms with van der Waals surface area (Å²) >= 11 is 0. The summed E-state index contributed by atoms with van der Waals surface area (Å²) < 4.78 is 9.36. The van der Waals surface area contributed by atoms with Gasteiger partial charge >= 0.3 is 11.9 Å². The third-order valence-electron chi connectivity index (χ3n) is 1.68. The zero-order valence-electron chi connectivity index (χ0n) is 9.78. The highest BCUT2D eigenvalue weighted by Crippen LogP contribution is 2.12. The van der Waals surface area contributed by atoms with Crippen LogP contribution in [-0.4, -0.2) is 19.0 Å². The van der Waals surface area contributed by atoms with E-state index in [0.717, 1.165) is 6.08 Å². The molecule has 0 bridgehead atoms. The minimum absolute atomic E-state index is 0.196. The first-order valence-electron chi connectivity index (χ1n) is 4.77. The molecule has 0 saturated carbocycles. The van der Waals surface area contributed by atoms with Crippen LogP contribution in [0.25, 0.3) is 0 Å². The molecule has 4 heteroatoms. The average Bonchev–Trinajstić information content (AvgIpc) is 2.24. The van der Waals surface area contributed by atoms with Gasteiger partial charge in [-0.15, -0.1) is 6.58 Å². The normalized spacial score (nSPS) is 11.9. The van der Waals surface area contributed by atoms with Crippen molar-refractivity contribution in [1.82, 2.24) is 0 Å². The molecule has 88 valence electrons. The number of allylic oxidation sites excluding steroid dienone is 3. The van der Waals surface area contributed by atoms with Crippen LogP contribution in [0.3, 0.4) is 0 Å². The SMILES string of the molecule is C=CC/C=C(C)\C(=C\C(=O)OC)OC(C)=O. The van der Waals surface area contributed by atoms with Gasteiger partial charge in [0.25, 0.3) is 0 Å². The van der Waals surface area contributed by atoms with E-state index in [0.29, 0.717) is 12.0 Å². The molecule has 4 nitrogen and oxygen atoms in total. The predicted molar refractivity (Wildman–Crippen MR) is 60.4 cm³/mol. The van der Waals surface area contributed by atoms with Crippen molar-refractivity contribution in [3.63, 3.8) is 0 Å². The van der Waals surface area contributed by atoms with E-state index in [1.54, 1.807) is 19.1 Å². The second-order valence-electron chi connectivity index (χ2n) is 3.04. The van der Waals surface area contributed by atoms with E-state index < -0.39 is 11.9 Å². The fourth-order valence-corrected chi connectivity index (χ4v) is 0.905. The Morgan fingerprint density at radius 2 is 1.94 bits per heavy atom. The summed E-state index contributed by atoms with van der Waals surface area (Å²) in [6.07, 6.45) is 5.26. The molecule has 0 fully saturated rings. The average molecular weight is 224 g/mol. The Hall–Kier alpha value is -1.84. The summed E-state index contributed by atoms with van der Waals surface area (Å²) in [6, 6.07) is 0. The molecule has 0 N–H and O–H groups in total. The maximum Gasteiger partial charge on any atom is 0.334 e. The Labute approximate surface area is 95.2 Å². The van der Waals surface area contributed by atoms with E-state index in [9.17, 15) is 9.59 Å². The van der Waals surface area contributed by atoms with Crippen molar-refractivity contribution < 1.29 is 19.1 Å². The number of carbonyl (C=O) groups is 2. The van der Waals surface area contributed by atoms with E-state index in [2.05, 4.69) is 11.3 Å². The van der Waals surface area contributed by atoms with Gasteiger partial charge < -0.3 is 9.47 Å². The molecule has 0 aliphatic carbocycles. The third-order valence-corrected chi connectivity index (χ3v) is 1.68. The Bertz CT molecular complexity index is 337. The summed E-state index contributed by atoms with van der Waals surface area (Å²) in [7, 11) is 1.26. The fraction of sp³-hybridized carbons (Fsp3) is 0.333. The Balaban J connectivity index is 4.92. The number of hydrogen-bond acceptors (Lipinski definition) is 4. The third kappa shape index (κ3) is 5.80. The number of carbonyl (C=O) groups excluding carboxylic acids is 2. The first kappa shape index (κ1) is 14.2. The molecule has 0 unspecified atom stereocenters. The summed E-state index contributed by atoms with van der Waals surface area (Å²) in [6.45, 7) is 6.57. The standard InChI is InChI=1S/C12H16O4/c1-5-6-7-9(2)11(16-10(3)13)8-12(14)15-4/h5,7-8H,1,6H2,2-4H3/b9-7-,11-8-. The first-order chi connectivity index (χ1) is 7.51. The van der Waals surface area contributed by atoms with Crippen molar-refractivity contribution in [3.8, 4) is 0 Å². The lowest BCUT2D eigenvalue weighted by Crippen LogP contribution is -2.04. The molecule has 0 heterocycles. The molecule has 0 spiro atoms. The van der Waals surface area contributed by atoms with Crippen molar-refractivity contribution in [2.45, 2.75) is 20.3 Å². The van der Waals surface area contributed by atoms with Crippen LogP contribution >= 0.6 is 0 Å². The highest BCUT2D eigenvalue weighted by Gasteiger charge is 2.07. The van der Waals surface area contributed by atoms with Gasteiger partial charge in [0.2, 0.25) is 0 Å². The lowest BCUT2D eigenvalue weighted by molar-refractivity contribution is -0.137. The van der Waals surface area contributed by atoms with E-state index >= 15 is 0 Å². The van der Waals surface area contributed by atoms with Gasteiger partial charge in [-0.3, -0.25) is 4.79 Å². The van der Waals surface area contributed by atoms with Gasteiger partial charge in [-0.1, -0.05) is 12.2 Å². The van der Waals surface area contributed by atoms with Crippen LogP contribution in [0, 0.1) is 0 Å². The lowest BCUT2D eigenvalue weighted by Gasteiger charge is -2.06. The maximum absolute atomic E-state index is 11.0. The molecule has 0 aromatic heterocycles. The zero-order valence-corrected chi connectivity index (χ0v) is 9.78. The van der Waals surface area contributed by atoms with Crippen molar-refractivity contribution in [2.24, 2.45) is 0 Å². The largest absolute Gasteiger partial charge is 0.466 e. The van der Waals surface area contributed by atoms with Crippen LogP contribution in [0.5, 0.6) is 0 Å². The van der Waals surface area contributed by atoms with Gasteiger partial charge in [-0.2, -0.15) is 0 Å². The smallest absolute Gasteiger partial charge is 0.334 e. The van der Waals surface area contributed by atoms with Crippen molar-refractivity contribution >= 4 is 11.9 Å². The van der Waals surface area contributed by atoms with Crippen LogP contribution < -0.4 is 0 Å². The monoisotopic (exact) mass is 224 g/mol. The minimum atomic E-state index is -0.567. The summed E-state index contributed by atoms with van der Waals surface area (Å²) in [4.78, 5) is 21.9. The fourth-order valence-electron chi connectivity index (χ4n) is 0.905. The molecule has 0 aliphatic heterocycles. The van der Waals surface area contributed by atoms with Gasteiger partial charge in [0.15, 0.2) is 0 Å². The Morgan fingerprint density at radius 3 is 2.38 bits per heavy atom. The number of ether oxygens (including phenoxy) is 2. The highest BCUT2D eigenvalue weighted by atomic mass is 16.5. The molecule has 0 amide bonds. The molecule has 0 aromatic rings. The molecule has 0 saturated heterocycles. The van der Waals surface area contributed by atoms with Crippen LogP contribution in [0.2, 0.25) is 0 Å². The van der Waals surface area contributed by atoms with E-state index in [4.69, 9.17) is 4.74 Å². The highest BCUT2D eigenvalue weighted by molar-refractivity contribution is 5.84. The van der Waals surface area contributed by atoms with Gasteiger partial charge in [-0.25, -0.2) is 4.79 Å². The molecule has 0 rings (SSSR count). The van der Waals surface area contributed by atoms with Gasteiger partial charge in [-0.05, 0) is 18.9 Å². The van der Waals surface area contributed by atoms with Crippen LogP contribution in [0.1, 0.15) is 20.3 Å². The topological polar surface area (TPSA) is 52.6 Å².